The van der Waals surface area contributed by atoms with E-state index in [1.165, 1.54) is 10.6 Å². The van der Waals surface area contributed by atoms with Crippen LogP contribution in [0.5, 0.6) is 5.88 Å². The molecule has 0 radical (unpaired) electrons. The van der Waals surface area contributed by atoms with Crippen LogP contribution in [0.3, 0.4) is 0 Å². The highest BCUT2D eigenvalue weighted by Gasteiger charge is 2.36. The van der Waals surface area contributed by atoms with Gasteiger partial charge in [-0.15, -0.1) is 0 Å². The summed E-state index contributed by atoms with van der Waals surface area (Å²) in [4.78, 5) is 37.1. The average Bonchev–Trinajstić information content (AvgIpc) is 3.33. The third-order valence-electron chi connectivity index (χ3n) is 5.52. The van der Waals surface area contributed by atoms with Crippen LogP contribution in [0.2, 0.25) is 0 Å². The largest absolute Gasteiger partial charge is 0.492 e. The molecule has 0 spiro atoms. The number of hydrogen-bond acceptors (Lipinski definition) is 5. The number of primary amides is 1. The molecule has 4 rings (SSSR count). The van der Waals surface area contributed by atoms with E-state index in [4.69, 9.17) is 5.73 Å². The lowest BCUT2D eigenvalue weighted by Crippen LogP contribution is -2.37. The van der Waals surface area contributed by atoms with Crippen molar-refractivity contribution in [3.8, 4) is 5.88 Å². The lowest BCUT2D eigenvalue weighted by atomic mass is 9.86. The van der Waals surface area contributed by atoms with Gasteiger partial charge in [0.25, 0.3) is 17.4 Å². The normalized spacial score (nSPS) is 19.4. The lowest BCUT2D eigenvalue weighted by molar-refractivity contribution is -0.0473. The Kier molecular flexibility index (Phi) is 4.55. The number of alkyl halides is 2. The van der Waals surface area contributed by atoms with Crippen molar-refractivity contribution in [2.45, 2.75) is 57.0 Å². The summed E-state index contributed by atoms with van der Waals surface area (Å²) in [6.07, 6.45) is 1.45. The zero-order chi connectivity index (χ0) is 20.9. The molecule has 2 aliphatic rings. The number of aromatic nitrogens is 3. The number of nitrogens with two attached hydrogens (primary N) is 1. The number of nitrogens with one attached hydrogen (secondary N) is 1. The summed E-state index contributed by atoms with van der Waals surface area (Å²) in [5.41, 5.74) is 3.88. The molecule has 2 aliphatic carbocycles. The second kappa shape index (κ2) is 6.82. The molecule has 0 aliphatic heterocycles. The first kappa shape index (κ1) is 19.3. The minimum absolute atomic E-state index is 0.0511. The van der Waals surface area contributed by atoms with Crippen molar-refractivity contribution in [3.63, 3.8) is 0 Å². The van der Waals surface area contributed by atoms with Gasteiger partial charge in [-0.05, 0) is 31.6 Å². The smallest absolute Gasteiger partial charge is 0.270 e. The number of nitrogens with zero attached hydrogens (tertiary/aromatic N) is 3. The molecular formula is C18H21F2N5O4. The van der Waals surface area contributed by atoms with Gasteiger partial charge >= 0.3 is 0 Å². The second-order valence-corrected chi connectivity index (χ2v) is 7.83. The fraction of sp³-hybridized carbons (Fsp3) is 0.556. The summed E-state index contributed by atoms with van der Waals surface area (Å²) in [5.74, 6) is -5.23. The molecule has 0 aromatic carbocycles. The topological polar surface area (TPSA) is 132 Å². The molecule has 2 saturated carbocycles. The van der Waals surface area contributed by atoms with Gasteiger partial charge in [0.15, 0.2) is 11.3 Å². The van der Waals surface area contributed by atoms with Crippen molar-refractivity contribution in [1.82, 2.24) is 19.5 Å². The standard InChI is InChI=1S/C18H21F2N5O4/c19-18(20)5-3-9(4-6-18)8-24-12-7-11(14(21)26)23-25(12)17(29)13(16(24)28)15(27)22-10-1-2-10/h7,9-10,29H,1-6,8H2,(H2,21,26)(H,22,27). The van der Waals surface area contributed by atoms with Crippen LogP contribution in [0.4, 0.5) is 8.78 Å². The van der Waals surface area contributed by atoms with Crippen molar-refractivity contribution in [2.24, 2.45) is 11.7 Å². The highest BCUT2D eigenvalue weighted by atomic mass is 19.3. The van der Waals surface area contributed by atoms with Gasteiger partial charge in [0, 0.05) is 31.5 Å². The lowest BCUT2D eigenvalue weighted by Gasteiger charge is -2.28. The Morgan fingerprint density at radius 1 is 1.28 bits per heavy atom. The van der Waals surface area contributed by atoms with Gasteiger partial charge in [0.1, 0.15) is 5.65 Å². The van der Waals surface area contributed by atoms with E-state index in [0.29, 0.717) is 0 Å². The van der Waals surface area contributed by atoms with Crippen molar-refractivity contribution >= 4 is 17.5 Å². The highest BCUT2D eigenvalue weighted by Crippen LogP contribution is 2.37. The summed E-state index contributed by atoms with van der Waals surface area (Å²) in [6.45, 7) is 0.0618. The molecule has 2 aromatic rings. The maximum absolute atomic E-state index is 13.5. The second-order valence-electron chi connectivity index (χ2n) is 7.83. The number of amides is 2. The van der Waals surface area contributed by atoms with Crippen LogP contribution in [0, 0.1) is 5.92 Å². The number of aromatic hydroxyl groups is 1. The van der Waals surface area contributed by atoms with E-state index in [1.54, 1.807) is 0 Å². The number of carbonyl (C=O) groups excluding carboxylic acids is 2. The maximum Gasteiger partial charge on any atom is 0.270 e. The number of rotatable bonds is 5. The highest BCUT2D eigenvalue weighted by molar-refractivity contribution is 5.97. The van der Waals surface area contributed by atoms with Crippen LogP contribution in [-0.2, 0) is 6.54 Å². The summed E-state index contributed by atoms with van der Waals surface area (Å²) < 4.78 is 29.1. The summed E-state index contributed by atoms with van der Waals surface area (Å²) >= 11 is 0. The molecule has 9 nitrogen and oxygen atoms in total. The van der Waals surface area contributed by atoms with Gasteiger partial charge in [0.2, 0.25) is 11.8 Å². The molecule has 0 unspecified atom stereocenters. The molecule has 2 fully saturated rings. The van der Waals surface area contributed by atoms with Crippen molar-refractivity contribution in [3.05, 3.63) is 27.7 Å². The molecular weight excluding hydrogens is 388 g/mol. The van der Waals surface area contributed by atoms with Crippen molar-refractivity contribution < 1.29 is 23.5 Å². The summed E-state index contributed by atoms with van der Waals surface area (Å²) in [7, 11) is 0. The first-order chi connectivity index (χ1) is 13.7. The monoisotopic (exact) mass is 409 g/mol. The Morgan fingerprint density at radius 2 is 1.93 bits per heavy atom. The van der Waals surface area contributed by atoms with Crippen LogP contribution in [0.15, 0.2) is 10.9 Å². The molecule has 29 heavy (non-hydrogen) atoms. The Morgan fingerprint density at radius 3 is 2.52 bits per heavy atom. The predicted octanol–water partition coefficient (Wildman–Crippen LogP) is 1.02. The van der Waals surface area contributed by atoms with Crippen LogP contribution >= 0.6 is 0 Å². The van der Waals surface area contributed by atoms with E-state index in [-0.39, 0.29) is 55.5 Å². The van der Waals surface area contributed by atoms with Crippen molar-refractivity contribution in [1.29, 1.82) is 0 Å². The predicted molar refractivity (Wildman–Crippen MR) is 97.0 cm³/mol. The van der Waals surface area contributed by atoms with Crippen LogP contribution in [0.1, 0.15) is 59.4 Å². The molecule has 0 bridgehead atoms. The Balaban J connectivity index is 1.79. The molecule has 0 atom stereocenters. The summed E-state index contributed by atoms with van der Waals surface area (Å²) in [6, 6.07) is 1.19. The Bertz CT molecular complexity index is 1050. The molecule has 4 N–H and O–H groups in total. The SMILES string of the molecule is NC(=O)c1cc2n(CC3CCC(F)(F)CC3)c(=O)c(C(=O)NC3CC3)c(O)n2n1. The number of hydrogen-bond donors (Lipinski definition) is 3. The third kappa shape index (κ3) is 3.68. The van der Waals surface area contributed by atoms with E-state index in [9.17, 15) is 28.3 Å². The first-order valence-corrected chi connectivity index (χ1v) is 9.50. The number of fused-ring (bicyclic) bond motifs is 1. The van der Waals surface area contributed by atoms with Gasteiger partial charge in [-0.1, -0.05) is 0 Å². The van der Waals surface area contributed by atoms with Gasteiger partial charge in [-0.25, -0.2) is 8.78 Å². The van der Waals surface area contributed by atoms with Crippen LogP contribution in [0.25, 0.3) is 5.65 Å². The first-order valence-electron chi connectivity index (χ1n) is 9.50. The van der Waals surface area contributed by atoms with E-state index >= 15 is 0 Å². The van der Waals surface area contributed by atoms with Gasteiger partial charge in [-0.3, -0.25) is 19.0 Å². The maximum atomic E-state index is 13.5. The fourth-order valence-corrected chi connectivity index (χ4v) is 3.68. The Hall–Kier alpha value is -2.98. The molecule has 0 saturated heterocycles. The fourth-order valence-electron chi connectivity index (χ4n) is 3.68. The minimum Gasteiger partial charge on any atom is -0.492 e. The minimum atomic E-state index is -2.71. The van der Waals surface area contributed by atoms with Crippen LogP contribution < -0.4 is 16.6 Å². The Labute approximate surface area is 163 Å². The van der Waals surface area contributed by atoms with Gasteiger partial charge in [-0.2, -0.15) is 9.61 Å². The van der Waals surface area contributed by atoms with E-state index in [1.807, 2.05) is 0 Å². The van der Waals surface area contributed by atoms with Gasteiger partial charge in [0.05, 0.1) is 0 Å². The van der Waals surface area contributed by atoms with Gasteiger partial charge < -0.3 is 16.2 Å². The zero-order valence-electron chi connectivity index (χ0n) is 15.5. The molecule has 2 amide bonds. The van der Waals surface area contributed by atoms with Crippen molar-refractivity contribution in [2.75, 3.05) is 0 Å². The van der Waals surface area contributed by atoms with E-state index in [2.05, 4.69) is 10.4 Å². The van der Waals surface area contributed by atoms with E-state index in [0.717, 1.165) is 17.4 Å². The number of halogens is 2. The zero-order valence-corrected chi connectivity index (χ0v) is 15.5. The van der Waals surface area contributed by atoms with E-state index < -0.39 is 34.7 Å². The molecule has 2 aromatic heterocycles. The molecule has 156 valence electrons. The number of carbonyl (C=O) groups is 2. The molecule has 2 heterocycles. The third-order valence-corrected chi connectivity index (χ3v) is 5.52. The average molecular weight is 409 g/mol. The van der Waals surface area contributed by atoms with Crippen LogP contribution in [-0.4, -0.2) is 43.1 Å². The quantitative estimate of drug-likeness (QED) is 0.678. The summed E-state index contributed by atoms with van der Waals surface area (Å²) in [5, 5.41) is 17.0. The molecule has 11 heteroatoms.